The van der Waals surface area contributed by atoms with Crippen molar-refractivity contribution in [1.82, 2.24) is 0 Å². The highest BCUT2D eigenvalue weighted by atomic mass is 16.5. The van der Waals surface area contributed by atoms with Crippen LogP contribution in [0.3, 0.4) is 0 Å². The minimum absolute atomic E-state index is 0.00234. The molecule has 1 aromatic carbocycles. The maximum atomic E-state index is 6.61. The Hall–Kier alpha value is -1.24. The lowest BCUT2D eigenvalue weighted by molar-refractivity contribution is 0.0516. The molecule has 0 fully saturated rings. The van der Waals surface area contributed by atoms with Gasteiger partial charge in [0, 0.05) is 0 Å². The van der Waals surface area contributed by atoms with E-state index < -0.39 is 0 Å². The van der Waals surface area contributed by atoms with Gasteiger partial charge in [-0.1, -0.05) is 90.8 Å². The molecule has 0 bridgehead atoms. The quantitative estimate of drug-likeness (QED) is 0.269. The van der Waals surface area contributed by atoms with Crippen LogP contribution in [0.25, 0.3) is 0 Å². The highest BCUT2D eigenvalue weighted by Crippen LogP contribution is 2.39. The summed E-state index contributed by atoms with van der Waals surface area (Å²) < 4.78 is 6.61. The van der Waals surface area contributed by atoms with Gasteiger partial charge in [-0.25, -0.2) is 0 Å². The monoisotopic (exact) mass is 426 g/mol. The summed E-state index contributed by atoms with van der Waals surface area (Å²) >= 11 is 0. The molecular weight excluding hydrogens is 376 g/mol. The summed E-state index contributed by atoms with van der Waals surface area (Å²) in [5.74, 6) is 3.75. The number of hydrogen-bond donors (Lipinski definition) is 0. The second-order valence-electron chi connectivity index (χ2n) is 11.3. The molecule has 1 heteroatoms. The van der Waals surface area contributed by atoms with Gasteiger partial charge < -0.3 is 4.74 Å². The molecule has 0 spiro atoms. The Labute approximate surface area is 194 Å². The van der Waals surface area contributed by atoms with Gasteiger partial charge in [0.25, 0.3) is 0 Å². The Morgan fingerprint density at radius 3 is 2.19 bits per heavy atom. The van der Waals surface area contributed by atoms with Crippen molar-refractivity contribution in [3.8, 4) is 5.75 Å². The highest BCUT2D eigenvalue weighted by Gasteiger charge is 2.32. The van der Waals surface area contributed by atoms with Crippen LogP contribution in [0.5, 0.6) is 5.75 Å². The van der Waals surface area contributed by atoms with Gasteiger partial charge in [-0.15, -0.1) is 6.58 Å². The first-order chi connectivity index (χ1) is 14.7. The fourth-order valence-electron chi connectivity index (χ4n) is 5.22. The van der Waals surface area contributed by atoms with Crippen LogP contribution in [0.1, 0.15) is 116 Å². The third kappa shape index (κ3) is 9.03. The van der Waals surface area contributed by atoms with Crippen molar-refractivity contribution in [2.24, 2.45) is 17.8 Å². The minimum Gasteiger partial charge on any atom is -0.487 e. The van der Waals surface area contributed by atoms with E-state index >= 15 is 0 Å². The summed E-state index contributed by atoms with van der Waals surface area (Å²) in [4.78, 5) is 0. The van der Waals surface area contributed by atoms with Crippen LogP contribution in [0.4, 0.5) is 0 Å². The van der Waals surface area contributed by atoms with E-state index in [-0.39, 0.29) is 5.60 Å². The van der Waals surface area contributed by atoms with Crippen molar-refractivity contribution in [3.63, 3.8) is 0 Å². The van der Waals surface area contributed by atoms with E-state index in [1.165, 1.54) is 74.5 Å². The first-order valence-electron chi connectivity index (χ1n) is 13.1. The van der Waals surface area contributed by atoms with Gasteiger partial charge in [-0.05, 0) is 80.4 Å². The summed E-state index contributed by atoms with van der Waals surface area (Å²) in [5, 5.41) is 0. The molecule has 0 aliphatic carbocycles. The Bertz CT molecular complexity index is 673. The summed E-state index contributed by atoms with van der Waals surface area (Å²) in [7, 11) is 0. The minimum atomic E-state index is 0.00234. The molecule has 1 aromatic rings. The Balaban J connectivity index is 1.69. The van der Waals surface area contributed by atoms with Gasteiger partial charge in [0.1, 0.15) is 11.4 Å². The van der Waals surface area contributed by atoms with E-state index in [2.05, 4.69) is 60.3 Å². The molecular formula is C30H50O. The van der Waals surface area contributed by atoms with Crippen LogP contribution in [0.15, 0.2) is 24.8 Å². The molecule has 2 rings (SSSR count). The summed E-state index contributed by atoms with van der Waals surface area (Å²) in [6, 6.07) is 4.60. The maximum absolute atomic E-state index is 6.61. The van der Waals surface area contributed by atoms with Crippen molar-refractivity contribution in [1.29, 1.82) is 0 Å². The maximum Gasteiger partial charge on any atom is 0.126 e. The van der Waals surface area contributed by atoms with Gasteiger partial charge in [-0.3, -0.25) is 0 Å². The normalized spacial score (nSPS) is 20.2. The first-order valence-corrected chi connectivity index (χ1v) is 13.1. The zero-order chi connectivity index (χ0) is 22.9. The van der Waals surface area contributed by atoms with Gasteiger partial charge in [0.2, 0.25) is 0 Å². The van der Waals surface area contributed by atoms with Gasteiger partial charge in [-0.2, -0.15) is 0 Å². The predicted molar refractivity (Wildman–Crippen MR) is 137 cm³/mol. The standard InChI is InChI=1S/C30H50O/c1-8-12-27-21-26(6)29-28(22-27)18-20-30(7,31-29)19-11-17-25(5)16-10-15-24(4)14-9-13-23(2)3/h8,21-25H,1,9-20H2,2-7H3/t24-,25-,30-/m1/s1. The van der Waals surface area contributed by atoms with E-state index in [9.17, 15) is 0 Å². The van der Waals surface area contributed by atoms with Gasteiger partial charge in [0.15, 0.2) is 0 Å². The number of benzene rings is 1. The molecule has 0 radical (unpaired) electrons. The van der Waals surface area contributed by atoms with E-state index in [0.29, 0.717) is 0 Å². The molecule has 0 saturated heterocycles. The molecule has 0 unspecified atom stereocenters. The molecule has 1 heterocycles. The van der Waals surface area contributed by atoms with E-state index in [4.69, 9.17) is 4.74 Å². The van der Waals surface area contributed by atoms with Crippen LogP contribution >= 0.6 is 0 Å². The van der Waals surface area contributed by atoms with Crippen LogP contribution in [0, 0.1) is 24.7 Å². The summed E-state index contributed by atoms with van der Waals surface area (Å²) in [5.41, 5.74) is 4.05. The number of allylic oxidation sites excluding steroid dienone is 1. The smallest absolute Gasteiger partial charge is 0.126 e. The van der Waals surface area contributed by atoms with Crippen LogP contribution in [-0.4, -0.2) is 5.60 Å². The second-order valence-corrected chi connectivity index (χ2v) is 11.3. The zero-order valence-electron chi connectivity index (χ0n) is 21.6. The molecule has 1 aliphatic heterocycles. The fraction of sp³-hybridized carbons (Fsp3) is 0.733. The van der Waals surface area contributed by atoms with Crippen LogP contribution in [-0.2, 0) is 12.8 Å². The van der Waals surface area contributed by atoms with E-state index in [1.54, 1.807) is 0 Å². The zero-order valence-corrected chi connectivity index (χ0v) is 21.6. The molecule has 1 aliphatic rings. The van der Waals surface area contributed by atoms with E-state index in [0.717, 1.165) is 42.8 Å². The number of hydrogen-bond acceptors (Lipinski definition) is 1. The van der Waals surface area contributed by atoms with Crippen molar-refractivity contribution in [2.45, 2.75) is 124 Å². The summed E-state index contributed by atoms with van der Waals surface area (Å²) in [6.07, 6.45) is 17.4. The molecule has 3 atom stereocenters. The molecule has 0 amide bonds. The van der Waals surface area contributed by atoms with Gasteiger partial charge >= 0.3 is 0 Å². The number of ether oxygens (including phenoxy) is 1. The molecule has 0 aromatic heterocycles. The largest absolute Gasteiger partial charge is 0.487 e. The Morgan fingerprint density at radius 2 is 1.58 bits per heavy atom. The number of rotatable bonds is 14. The average molecular weight is 427 g/mol. The van der Waals surface area contributed by atoms with Crippen LogP contribution in [0.2, 0.25) is 0 Å². The molecule has 31 heavy (non-hydrogen) atoms. The third-order valence-electron chi connectivity index (χ3n) is 7.34. The third-order valence-corrected chi connectivity index (χ3v) is 7.34. The van der Waals surface area contributed by atoms with Gasteiger partial charge in [0.05, 0.1) is 0 Å². The molecule has 0 N–H and O–H groups in total. The first kappa shape index (κ1) is 26.0. The van der Waals surface area contributed by atoms with Crippen molar-refractivity contribution < 1.29 is 4.74 Å². The summed E-state index contributed by atoms with van der Waals surface area (Å²) in [6.45, 7) is 18.0. The lowest BCUT2D eigenvalue weighted by atomic mass is 9.85. The number of fused-ring (bicyclic) bond motifs is 1. The Morgan fingerprint density at radius 1 is 0.968 bits per heavy atom. The van der Waals surface area contributed by atoms with E-state index in [1.807, 2.05) is 6.08 Å². The van der Waals surface area contributed by atoms with Crippen LogP contribution < -0.4 is 4.74 Å². The number of aryl methyl sites for hydroxylation is 2. The molecule has 0 saturated carbocycles. The lowest BCUT2D eigenvalue weighted by Gasteiger charge is -2.37. The average Bonchev–Trinajstić information content (AvgIpc) is 2.69. The topological polar surface area (TPSA) is 9.23 Å². The van der Waals surface area contributed by atoms with Crippen molar-refractivity contribution in [3.05, 3.63) is 41.5 Å². The lowest BCUT2D eigenvalue weighted by Crippen LogP contribution is -2.36. The molecule has 1 nitrogen and oxygen atoms in total. The predicted octanol–water partition coefficient (Wildman–Crippen LogP) is 9.25. The Kier molecular flexibility index (Phi) is 10.7. The molecule has 176 valence electrons. The van der Waals surface area contributed by atoms with Crippen molar-refractivity contribution in [2.75, 3.05) is 0 Å². The highest BCUT2D eigenvalue weighted by molar-refractivity contribution is 5.46. The van der Waals surface area contributed by atoms with Crippen molar-refractivity contribution >= 4 is 0 Å². The SMILES string of the molecule is C=CCc1cc(C)c2c(c1)CC[C@@](C)(CCC[C@H](C)CCC[C@H](C)CCCC(C)C)O2. The second kappa shape index (κ2) is 12.7. The fourth-order valence-corrected chi connectivity index (χ4v) is 5.22.